The number of likely N-dealkylation sites (tertiary alicyclic amines) is 1. The summed E-state index contributed by atoms with van der Waals surface area (Å²) in [5.74, 6) is -1.55. The normalized spacial score (nSPS) is 21.4. The standard InChI is InChI=1S/C15H19NO6S/c1-3-23(20,21)12-6-4-10(5-7-12)14(17)16-9-11(22-2)8-13(16)15(18)19/h4-7,11,13H,3,8-9H2,1-2H3,(H,18,19). The van der Waals surface area contributed by atoms with Crippen molar-refractivity contribution in [2.24, 2.45) is 0 Å². The number of carbonyl (C=O) groups excluding carboxylic acids is 1. The topological polar surface area (TPSA) is 101 Å². The fraction of sp³-hybridized carbons (Fsp3) is 0.467. The number of carbonyl (C=O) groups is 2. The van der Waals surface area contributed by atoms with Crippen molar-refractivity contribution in [2.45, 2.75) is 30.4 Å². The maximum Gasteiger partial charge on any atom is 0.326 e. The first-order valence-corrected chi connectivity index (χ1v) is 8.84. The highest BCUT2D eigenvalue weighted by atomic mass is 32.2. The van der Waals surface area contributed by atoms with E-state index in [2.05, 4.69) is 0 Å². The predicted molar refractivity (Wildman–Crippen MR) is 82.0 cm³/mol. The fourth-order valence-electron chi connectivity index (χ4n) is 2.56. The summed E-state index contributed by atoms with van der Waals surface area (Å²) in [6.45, 7) is 1.74. The Morgan fingerprint density at radius 2 is 1.91 bits per heavy atom. The molecular weight excluding hydrogens is 322 g/mol. The van der Waals surface area contributed by atoms with E-state index < -0.39 is 27.8 Å². The number of methoxy groups -OCH3 is 1. The molecular formula is C15H19NO6S. The van der Waals surface area contributed by atoms with Crippen molar-refractivity contribution >= 4 is 21.7 Å². The van der Waals surface area contributed by atoms with E-state index in [1.807, 2.05) is 0 Å². The van der Waals surface area contributed by atoms with Gasteiger partial charge in [0.2, 0.25) is 0 Å². The molecule has 0 bridgehead atoms. The molecule has 1 saturated heterocycles. The minimum atomic E-state index is -3.34. The van der Waals surface area contributed by atoms with Crippen LogP contribution in [0, 0.1) is 0 Å². The molecule has 0 aromatic heterocycles. The Hall–Kier alpha value is -1.93. The van der Waals surface area contributed by atoms with Crippen molar-refractivity contribution in [3.63, 3.8) is 0 Å². The first kappa shape index (κ1) is 17.4. The summed E-state index contributed by atoms with van der Waals surface area (Å²) in [6, 6.07) is 4.61. The van der Waals surface area contributed by atoms with E-state index in [0.29, 0.717) is 0 Å². The van der Waals surface area contributed by atoms with E-state index in [1.54, 1.807) is 6.92 Å². The molecule has 1 heterocycles. The average Bonchev–Trinajstić information content (AvgIpc) is 2.99. The number of nitrogens with zero attached hydrogens (tertiary/aromatic N) is 1. The summed E-state index contributed by atoms with van der Waals surface area (Å²) < 4.78 is 28.7. The molecule has 8 heteroatoms. The molecule has 2 atom stereocenters. The van der Waals surface area contributed by atoms with Crippen molar-refractivity contribution in [3.8, 4) is 0 Å². The van der Waals surface area contributed by atoms with Gasteiger partial charge in [0, 0.05) is 25.6 Å². The van der Waals surface area contributed by atoms with Gasteiger partial charge >= 0.3 is 5.97 Å². The van der Waals surface area contributed by atoms with Gasteiger partial charge in [0.15, 0.2) is 9.84 Å². The Labute approximate surface area is 134 Å². The van der Waals surface area contributed by atoms with Crippen LogP contribution >= 0.6 is 0 Å². The van der Waals surface area contributed by atoms with Gasteiger partial charge in [0.25, 0.3) is 5.91 Å². The SMILES string of the molecule is CCS(=O)(=O)c1ccc(C(=O)N2CC(OC)CC2C(=O)O)cc1. The molecule has 1 aromatic rings. The molecule has 7 nitrogen and oxygen atoms in total. The third kappa shape index (κ3) is 3.53. The second-order valence-electron chi connectivity index (χ2n) is 5.33. The number of amides is 1. The monoisotopic (exact) mass is 341 g/mol. The molecule has 1 amide bonds. The van der Waals surface area contributed by atoms with E-state index in [1.165, 1.54) is 36.3 Å². The van der Waals surface area contributed by atoms with E-state index in [0.717, 1.165) is 0 Å². The van der Waals surface area contributed by atoms with Gasteiger partial charge in [-0.1, -0.05) is 6.92 Å². The molecule has 2 rings (SSSR count). The lowest BCUT2D eigenvalue weighted by Gasteiger charge is -2.21. The predicted octanol–water partition coefficient (Wildman–Crippen LogP) is 0.794. The summed E-state index contributed by atoms with van der Waals surface area (Å²) in [6.07, 6.45) is -0.0837. The lowest BCUT2D eigenvalue weighted by Crippen LogP contribution is -2.40. The van der Waals surface area contributed by atoms with E-state index in [-0.39, 0.29) is 35.3 Å². The quantitative estimate of drug-likeness (QED) is 0.850. The third-order valence-electron chi connectivity index (χ3n) is 3.98. The number of ether oxygens (including phenoxy) is 1. The molecule has 0 spiro atoms. The largest absolute Gasteiger partial charge is 0.480 e. The Morgan fingerprint density at radius 1 is 1.30 bits per heavy atom. The summed E-state index contributed by atoms with van der Waals surface area (Å²) >= 11 is 0. The van der Waals surface area contributed by atoms with Crippen LogP contribution in [0.4, 0.5) is 0 Å². The van der Waals surface area contributed by atoms with Gasteiger partial charge in [-0.25, -0.2) is 13.2 Å². The van der Waals surface area contributed by atoms with Crippen molar-refractivity contribution in [1.82, 2.24) is 4.90 Å². The molecule has 0 saturated carbocycles. The maximum absolute atomic E-state index is 12.5. The van der Waals surface area contributed by atoms with Gasteiger partial charge in [-0.3, -0.25) is 4.79 Å². The summed E-state index contributed by atoms with van der Waals surface area (Å²) in [5.41, 5.74) is 0.253. The van der Waals surface area contributed by atoms with Crippen LogP contribution in [-0.2, 0) is 19.4 Å². The molecule has 23 heavy (non-hydrogen) atoms. The van der Waals surface area contributed by atoms with Gasteiger partial charge < -0.3 is 14.7 Å². The van der Waals surface area contributed by atoms with Crippen LogP contribution < -0.4 is 0 Å². The summed E-state index contributed by atoms with van der Waals surface area (Å²) in [4.78, 5) is 25.2. The van der Waals surface area contributed by atoms with Gasteiger partial charge in [-0.2, -0.15) is 0 Å². The first-order chi connectivity index (χ1) is 10.8. The molecule has 1 fully saturated rings. The van der Waals surface area contributed by atoms with Gasteiger partial charge in [0.1, 0.15) is 6.04 Å². The summed E-state index contributed by atoms with van der Waals surface area (Å²) in [5, 5.41) is 9.25. The Bertz CT molecular complexity index is 697. The highest BCUT2D eigenvalue weighted by molar-refractivity contribution is 7.91. The van der Waals surface area contributed by atoms with E-state index in [9.17, 15) is 23.1 Å². The second kappa shape index (κ2) is 6.67. The Kier molecular flexibility index (Phi) is 5.06. The van der Waals surface area contributed by atoms with Crippen molar-refractivity contribution < 1.29 is 27.9 Å². The highest BCUT2D eigenvalue weighted by Crippen LogP contribution is 2.23. The molecule has 126 valence electrons. The van der Waals surface area contributed by atoms with Crippen molar-refractivity contribution in [3.05, 3.63) is 29.8 Å². The zero-order valence-electron chi connectivity index (χ0n) is 12.9. The zero-order valence-corrected chi connectivity index (χ0v) is 13.7. The minimum absolute atomic E-state index is 0.0248. The molecule has 0 aliphatic carbocycles. The fourth-order valence-corrected chi connectivity index (χ4v) is 3.45. The number of benzene rings is 1. The van der Waals surface area contributed by atoms with Gasteiger partial charge in [-0.15, -0.1) is 0 Å². The number of sulfone groups is 1. The van der Waals surface area contributed by atoms with Crippen LogP contribution in [-0.4, -0.2) is 61.9 Å². The smallest absolute Gasteiger partial charge is 0.326 e. The molecule has 1 aliphatic rings. The molecule has 1 N–H and O–H groups in total. The zero-order chi connectivity index (χ0) is 17.2. The van der Waals surface area contributed by atoms with Crippen LogP contribution in [0.25, 0.3) is 0 Å². The molecule has 2 unspecified atom stereocenters. The second-order valence-corrected chi connectivity index (χ2v) is 7.61. The van der Waals surface area contributed by atoms with Crippen molar-refractivity contribution in [1.29, 1.82) is 0 Å². The number of hydrogen-bond donors (Lipinski definition) is 1. The summed E-state index contributed by atoms with van der Waals surface area (Å²) in [7, 11) is -1.86. The number of hydrogen-bond acceptors (Lipinski definition) is 5. The van der Waals surface area contributed by atoms with Crippen LogP contribution in [0.3, 0.4) is 0 Å². The van der Waals surface area contributed by atoms with Crippen LogP contribution in [0.1, 0.15) is 23.7 Å². The Balaban J connectivity index is 2.24. The first-order valence-electron chi connectivity index (χ1n) is 7.19. The third-order valence-corrected chi connectivity index (χ3v) is 5.73. The maximum atomic E-state index is 12.5. The van der Waals surface area contributed by atoms with Gasteiger partial charge in [-0.05, 0) is 24.3 Å². The van der Waals surface area contributed by atoms with E-state index >= 15 is 0 Å². The average molecular weight is 341 g/mol. The number of carboxylic acids is 1. The lowest BCUT2D eigenvalue weighted by molar-refractivity contribution is -0.141. The van der Waals surface area contributed by atoms with Crippen LogP contribution in [0.15, 0.2) is 29.2 Å². The highest BCUT2D eigenvalue weighted by Gasteiger charge is 2.40. The number of rotatable bonds is 5. The van der Waals surface area contributed by atoms with E-state index in [4.69, 9.17) is 4.74 Å². The minimum Gasteiger partial charge on any atom is -0.480 e. The number of carboxylic acid groups (broad SMARTS) is 1. The van der Waals surface area contributed by atoms with Crippen LogP contribution in [0.5, 0.6) is 0 Å². The lowest BCUT2D eigenvalue weighted by atomic mass is 10.1. The van der Waals surface area contributed by atoms with Crippen molar-refractivity contribution in [2.75, 3.05) is 19.4 Å². The number of aliphatic carboxylic acids is 1. The van der Waals surface area contributed by atoms with Gasteiger partial charge in [0.05, 0.1) is 16.8 Å². The Morgan fingerprint density at radius 3 is 2.39 bits per heavy atom. The molecule has 1 aromatic carbocycles. The molecule has 0 radical (unpaired) electrons. The molecule has 1 aliphatic heterocycles. The van der Waals surface area contributed by atoms with Crippen LogP contribution in [0.2, 0.25) is 0 Å².